The molecule has 3 heteroatoms. The molecule has 0 fully saturated rings. The fourth-order valence-electron chi connectivity index (χ4n) is 2.49. The van der Waals surface area contributed by atoms with Crippen LogP contribution in [0.1, 0.15) is 15.9 Å². The van der Waals surface area contributed by atoms with Gasteiger partial charge in [-0.2, -0.15) is 0 Å². The highest BCUT2D eigenvalue weighted by molar-refractivity contribution is 5.98. The van der Waals surface area contributed by atoms with Crippen molar-refractivity contribution in [2.75, 3.05) is 13.7 Å². The number of ketones is 1. The fourth-order valence-corrected chi connectivity index (χ4v) is 2.49. The van der Waals surface area contributed by atoms with E-state index in [2.05, 4.69) is 0 Å². The molecule has 20 heavy (non-hydrogen) atoms. The number of methoxy groups -OCH3 is 1. The Bertz CT molecular complexity index is 616. The molecule has 0 amide bonds. The van der Waals surface area contributed by atoms with Gasteiger partial charge < -0.3 is 9.47 Å². The number of para-hydroxylation sites is 1. The van der Waals surface area contributed by atoms with Crippen molar-refractivity contribution in [3.05, 3.63) is 59.7 Å². The molecule has 0 N–H and O–H groups in total. The molecule has 0 spiro atoms. The average Bonchev–Trinajstić information content (AvgIpc) is 2.54. The van der Waals surface area contributed by atoms with Crippen LogP contribution in [0.4, 0.5) is 0 Å². The fraction of sp³-hybridized carbons (Fsp3) is 0.235. The standard InChI is InChI=1S/C17H16O3/c1-19-15-8-6-12(7-9-15)17(18)14-10-13-4-2-3-5-16(13)20-11-14/h2-9,14H,10-11H2,1H3. The van der Waals surface area contributed by atoms with E-state index < -0.39 is 0 Å². The van der Waals surface area contributed by atoms with Crippen molar-refractivity contribution >= 4 is 5.78 Å². The zero-order valence-corrected chi connectivity index (χ0v) is 11.3. The molecule has 0 saturated heterocycles. The van der Waals surface area contributed by atoms with Gasteiger partial charge in [-0.3, -0.25) is 4.79 Å². The first-order chi connectivity index (χ1) is 9.78. The summed E-state index contributed by atoms with van der Waals surface area (Å²) in [5, 5.41) is 0. The van der Waals surface area contributed by atoms with Crippen LogP contribution in [0.3, 0.4) is 0 Å². The maximum atomic E-state index is 12.5. The monoisotopic (exact) mass is 268 g/mol. The van der Waals surface area contributed by atoms with Crippen molar-refractivity contribution in [2.24, 2.45) is 5.92 Å². The third kappa shape index (κ3) is 2.39. The van der Waals surface area contributed by atoms with Crippen LogP contribution in [0.15, 0.2) is 48.5 Å². The SMILES string of the molecule is COc1ccc(C(=O)C2COc3ccccc3C2)cc1. The molecule has 2 aromatic rings. The van der Waals surface area contributed by atoms with Crippen LogP contribution < -0.4 is 9.47 Å². The van der Waals surface area contributed by atoms with Crippen molar-refractivity contribution in [2.45, 2.75) is 6.42 Å². The van der Waals surface area contributed by atoms with E-state index in [-0.39, 0.29) is 11.7 Å². The van der Waals surface area contributed by atoms with Gasteiger partial charge in [-0.1, -0.05) is 18.2 Å². The second kappa shape index (κ2) is 5.37. The minimum Gasteiger partial charge on any atom is -0.497 e. The summed E-state index contributed by atoms with van der Waals surface area (Å²) in [4.78, 5) is 12.5. The van der Waals surface area contributed by atoms with E-state index >= 15 is 0 Å². The molecule has 1 aliphatic rings. The molecule has 0 aromatic heterocycles. The van der Waals surface area contributed by atoms with Crippen LogP contribution in [0, 0.1) is 5.92 Å². The predicted octanol–water partition coefficient (Wildman–Crippen LogP) is 3.13. The smallest absolute Gasteiger partial charge is 0.169 e. The Morgan fingerprint density at radius 3 is 2.65 bits per heavy atom. The molecule has 1 heterocycles. The summed E-state index contributed by atoms with van der Waals surface area (Å²) in [5.74, 6) is 1.67. The van der Waals surface area contributed by atoms with E-state index in [0.29, 0.717) is 12.2 Å². The Morgan fingerprint density at radius 1 is 1.15 bits per heavy atom. The van der Waals surface area contributed by atoms with Gasteiger partial charge in [0.05, 0.1) is 19.6 Å². The van der Waals surface area contributed by atoms with Crippen molar-refractivity contribution in [3.63, 3.8) is 0 Å². The number of hydrogen-bond acceptors (Lipinski definition) is 3. The minimum absolute atomic E-state index is 0.113. The Morgan fingerprint density at radius 2 is 1.90 bits per heavy atom. The number of Topliss-reactive ketones (excluding diaryl/α,β-unsaturated/α-hetero) is 1. The minimum atomic E-state index is -0.113. The van der Waals surface area contributed by atoms with Gasteiger partial charge in [0.25, 0.3) is 0 Å². The molecule has 0 saturated carbocycles. The van der Waals surface area contributed by atoms with E-state index in [1.54, 1.807) is 7.11 Å². The molecule has 102 valence electrons. The van der Waals surface area contributed by atoms with Crippen molar-refractivity contribution < 1.29 is 14.3 Å². The highest BCUT2D eigenvalue weighted by atomic mass is 16.5. The molecule has 3 nitrogen and oxygen atoms in total. The van der Waals surface area contributed by atoms with E-state index in [1.165, 1.54) is 0 Å². The number of rotatable bonds is 3. The number of ether oxygens (including phenoxy) is 2. The van der Waals surface area contributed by atoms with Gasteiger partial charge in [0.15, 0.2) is 5.78 Å². The lowest BCUT2D eigenvalue weighted by Gasteiger charge is -2.24. The van der Waals surface area contributed by atoms with Gasteiger partial charge in [-0.25, -0.2) is 0 Å². The first-order valence-electron chi connectivity index (χ1n) is 6.67. The van der Waals surface area contributed by atoms with Crippen LogP contribution in [0.25, 0.3) is 0 Å². The van der Waals surface area contributed by atoms with Crippen LogP contribution in [0.5, 0.6) is 11.5 Å². The van der Waals surface area contributed by atoms with Crippen molar-refractivity contribution in [1.29, 1.82) is 0 Å². The van der Waals surface area contributed by atoms with Gasteiger partial charge in [0, 0.05) is 5.56 Å². The molecule has 3 rings (SSSR count). The third-order valence-corrected chi connectivity index (χ3v) is 3.62. The number of hydrogen-bond donors (Lipinski definition) is 0. The molecule has 1 atom stereocenters. The summed E-state index contributed by atoms with van der Waals surface area (Å²) in [6.45, 7) is 0.446. The highest BCUT2D eigenvalue weighted by Crippen LogP contribution is 2.28. The third-order valence-electron chi connectivity index (χ3n) is 3.62. The Kier molecular flexibility index (Phi) is 3.42. The Hall–Kier alpha value is -2.29. The number of fused-ring (bicyclic) bond motifs is 1. The van der Waals surface area contributed by atoms with E-state index in [9.17, 15) is 4.79 Å². The molecular formula is C17H16O3. The van der Waals surface area contributed by atoms with Crippen LogP contribution in [-0.2, 0) is 6.42 Å². The van der Waals surface area contributed by atoms with Gasteiger partial charge in [-0.05, 0) is 42.3 Å². The van der Waals surface area contributed by atoms with Crippen LogP contribution in [-0.4, -0.2) is 19.5 Å². The van der Waals surface area contributed by atoms with Crippen LogP contribution in [0.2, 0.25) is 0 Å². The van der Waals surface area contributed by atoms with Gasteiger partial charge in [0.1, 0.15) is 11.5 Å². The van der Waals surface area contributed by atoms with E-state index in [4.69, 9.17) is 9.47 Å². The largest absolute Gasteiger partial charge is 0.497 e. The normalized spacial score (nSPS) is 16.9. The molecule has 0 bridgehead atoms. The zero-order chi connectivity index (χ0) is 13.9. The zero-order valence-electron chi connectivity index (χ0n) is 11.3. The molecular weight excluding hydrogens is 252 g/mol. The Labute approximate surface area is 118 Å². The molecule has 1 unspecified atom stereocenters. The topological polar surface area (TPSA) is 35.5 Å². The number of carbonyl (C=O) groups is 1. The molecule has 1 aliphatic heterocycles. The average molecular weight is 268 g/mol. The highest BCUT2D eigenvalue weighted by Gasteiger charge is 2.26. The number of carbonyl (C=O) groups excluding carboxylic acids is 1. The summed E-state index contributed by atoms with van der Waals surface area (Å²) >= 11 is 0. The summed E-state index contributed by atoms with van der Waals surface area (Å²) in [6, 6.07) is 15.1. The molecule has 0 radical (unpaired) electrons. The maximum absolute atomic E-state index is 12.5. The second-order valence-electron chi connectivity index (χ2n) is 4.91. The quantitative estimate of drug-likeness (QED) is 0.802. The summed E-state index contributed by atoms with van der Waals surface area (Å²) < 4.78 is 10.8. The summed E-state index contributed by atoms with van der Waals surface area (Å²) in [7, 11) is 1.61. The van der Waals surface area contributed by atoms with E-state index in [1.807, 2.05) is 48.5 Å². The lowest BCUT2D eigenvalue weighted by atomic mass is 9.90. The number of benzene rings is 2. The first kappa shape index (κ1) is 12.7. The predicted molar refractivity (Wildman–Crippen MR) is 76.5 cm³/mol. The Balaban J connectivity index is 1.78. The van der Waals surface area contributed by atoms with E-state index in [0.717, 1.165) is 23.5 Å². The van der Waals surface area contributed by atoms with Gasteiger partial charge >= 0.3 is 0 Å². The summed E-state index contributed by atoms with van der Waals surface area (Å²) in [5.41, 5.74) is 1.81. The van der Waals surface area contributed by atoms with Gasteiger partial charge in [0.2, 0.25) is 0 Å². The van der Waals surface area contributed by atoms with Crippen LogP contribution >= 0.6 is 0 Å². The first-order valence-corrected chi connectivity index (χ1v) is 6.67. The van der Waals surface area contributed by atoms with Gasteiger partial charge in [-0.15, -0.1) is 0 Å². The summed E-state index contributed by atoms with van der Waals surface area (Å²) in [6.07, 6.45) is 0.737. The molecule has 0 aliphatic carbocycles. The maximum Gasteiger partial charge on any atom is 0.169 e. The lowest BCUT2D eigenvalue weighted by Crippen LogP contribution is -2.28. The van der Waals surface area contributed by atoms with Crippen molar-refractivity contribution in [3.8, 4) is 11.5 Å². The second-order valence-corrected chi connectivity index (χ2v) is 4.91. The van der Waals surface area contributed by atoms with Crippen molar-refractivity contribution in [1.82, 2.24) is 0 Å². The lowest BCUT2D eigenvalue weighted by molar-refractivity contribution is 0.0855. The molecule has 2 aromatic carbocycles.